The Morgan fingerprint density at radius 2 is 2.10 bits per heavy atom. The van der Waals surface area contributed by atoms with Gasteiger partial charge in [-0.15, -0.1) is 5.10 Å². The largest absolute Gasteiger partial charge is 0.464 e. The number of carbonyl (C=O) groups is 1. The molecule has 0 saturated heterocycles. The predicted molar refractivity (Wildman–Crippen MR) is 68.7 cm³/mol. The highest BCUT2D eigenvalue weighted by Crippen LogP contribution is 2.16. The Balaban J connectivity index is 2.22. The lowest BCUT2D eigenvalue weighted by Gasteiger charge is -2.12. The van der Waals surface area contributed by atoms with Crippen LogP contribution < -0.4 is 0 Å². The lowest BCUT2D eigenvalue weighted by Crippen LogP contribution is -2.14. The molecule has 1 aromatic carbocycles. The maximum Gasteiger partial charge on any atom is 0.360 e. The van der Waals surface area contributed by atoms with Crippen molar-refractivity contribution < 1.29 is 19.7 Å². The molecule has 106 valence electrons. The number of aromatic nitrogens is 3. The molecule has 0 aliphatic rings. The minimum Gasteiger partial charge on any atom is -0.464 e. The average molecular weight is 277 g/mol. The van der Waals surface area contributed by atoms with Gasteiger partial charge in [-0.05, 0) is 5.56 Å². The number of hydrogen-bond acceptors (Lipinski definition) is 6. The van der Waals surface area contributed by atoms with Crippen molar-refractivity contribution in [2.45, 2.75) is 19.3 Å². The number of carbonyl (C=O) groups excluding carboxylic acids is 1. The summed E-state index contributed by atoms with van der Waals surface area (Å²) in [7, 11) is 1.22. The summed E-state index contributed by atoms with van der Waals surface area (Å²) in [5.74, 6) is -0.672. The first-order chi connectivity index (χ1) is 9.67. The number of benzene rings is 1. The topological polar surface area (TPSA) is 97.5 Å². The van der Waals surface area contributed by atoms with Crippen LogP contribution in [0.2, 0.25) is 0 Å². The van der Waals surface area contributed by atoms with E-state index < -0.39 is 18.7 Å². The summed E-state index contributed by atoms with van der Waals surface area (Å²) in [6.07, 6.45) is -0.811. The van der Waals surface area contributed by atoms with E-state index in [0.29, 0.717) is 5.56 Å². The van der Waals surface area contributed by atoms with Gasteiger partial charge in [-0.3, -0.25) is 0 Å². The molecule has 2 rings (SSSR count). The zero-order valence-electron chi connectivity index (χ0n) is 10.9. The SMILES string of the molecule is COC(=O)c1nnn(C[C@H](O)c2ccccc2)c1CO. The van der Waals surface area contributed by atoms with Gasteiger partial charge in [-0.25, -0.2) is 9.48 Å². The maximum absolute atomic E-state index is 11.5. The quantitative estimate of drug-likeness (QED) is 0.762. The van der Waals surface area contributed by atoms with E-state index in [1.807, 2.05) is 18.2 Å². The molecule has 0 saturated carbocycles. The van der Waals surface area contributed by atoms with Crippen molar-refractivity contribution in [2.24, 2.45) is 0 Å². The van der Waals surface area contributed by atoms with Gasteiger partial charge < -0.3 is 14.9 Å². The third-order valence-electron chi connectivity index (χ3n) is 2.90. The van der Waals surface area contributed by atoms with Crippen molar-refractivity contribution in [2.75, 3.05) is 7.11 Å². The van der Waals surface area contributed by atoms with E-state index in [2.05, 4.69) is 15.0 Å². The number of hydrogen-bond donors (Lipinski definition) is 2. The third kappa shape index (κ3) is 2.84. The zero-order chi connectivity index (χ0) is 14.5. The molecule has 0 amide bonds. The molecule has 7 heteroatoms. The van der Waals surface area contributed by atoms with Crippen molar-refractivity contribution in [3.8, 4) is 0 Å². The van der Waals surface area contributed by atoms with Gasteiger partial charge in [0.1, 0.15) is 0 Å². The number of rotatable bonds is 5. The fourth-order valence-electron chi connectivity index (χ4n) is 1.84. The first kappa shape index (κ1) is 14.2. The number of aliphatic hydroxyl groups is 2. The van der Waals surface area contributed by atoms with Crippen LogP contribution in [0, 0.1) is 0 Å². The molecule has 0 fully saturated rings. The Morgan fingerprint density at radius 3 is 2.70 bits per heavy atom. The van der Waals surface area contributed by atoms with Crippen LogP contribution in [0.5, 0.6) is 0 Å². The van der Waals surface area contributed by atoms with Crippen LogP contribution in [0.4, 0.5) is 0 Å². The molecule has 2 N–H and O–H groups in total. The number of esters is 1. The van der Waals surface area contributed by atoms with Crippen LogP contribution in [-0.4, -0.2) is 38.3 Å². The first-order valence-electron chi connectivity index (χ1n) is 6.02. The summed E-state index contributed by atoms with van der Waals surface area (Å²) in [6.45, 7) is -0.331. The molecule has 1 atom stereocenters. The van der Waals surface area contributed by atoms with Crippen molar-refractivity contribution in [3.05, 3.63) is 47.3 Å². The smallest absolute Gasteiger partial charge is 0.360 e. The number of aliphatic hydroxyl groups excluding tert-OH is 2. The Morgan fingerprint density at radius 1 is 1.40 bits per heavy atom. The molecule has 2 aromatic rings. The number of nitrogens with zero attached hydrogens (tertiary/aromatic N) is 3. The lowest BCUT2D eigenvalue weighted by molar-refractivity contribution is 0.0589. The van der Waals surface area contributed by atoms with Gasteiger partial charge in [-0.1, -0.05) is 35.5 Å². The van der Waals surface area contributed by atoms with E-state index in [9.17, 15) is 15.0 Å². The molecule has 1 heterocycles. The Kier molecular flexibility index (Phi) is 4.44. The molecule has 20 heavy (non-hydrogen) atoms. The van der Waals surface area contributed by atoms with Gasteiger partial charge in [0, 0.05) is 0 Å². The van der Waals surface area contributed by atoms with E-state index >= 15 is 0 Å². The van der Waals surface area contributed by atoms with Crippen molar-refractivity contribution in [1.29, 1.82) is 0 Å². The lowest BCUT2D eigenvalue weighted by atomic mass is 10.1. The van der Waals surface area contributed by atoms with Gasteiger partial charge in [0.15, 0.2) is 5.69 Å². The zero-order valence-corrected chi connectivity index (χ0v) is 10.9. The van der Waals surface area contributed by atoms with E-state index in [1.165, 1.54) is 11.8 Å². The summed E-state index contributed by atoms with van der Waals surface area (Å²) >= 11 is 0. The summed E-state index contributed by atoms with van der Waals surface area (Å²) in [5.41, 5.74) is 0.883. The van der Waals surface area contributed by atoms with Crippen LogP contribution in [0.3, 0.4) is 0 Å². The van der Waals surface area contributed by atoms with Crippen LogP contribution >= 0.6 is 0 Å². The van der Waals surface area contributed by atoms with E-state index in [0.717, 1.165) is 0 Å². The monoisotopic (exact) mass is 277 g/mol. The van der Waals surface area contributed by atoms with Gasteiger partial charge >= 0.3 is 5.97 Å². The van der Waals surface area contributed by atoms with Crippen LogP contribution in [0.15, 0.2) is 30.3 Å². The molecular formula is C13H15N3O4. The highest BCUT2D eigenvalue weighted by molar-refractivity contribution is 5.88. The minimum atomic E-state index is -0.811. The van der Waals surface area contributed by atoms with Gasteiger partial charge in [-0.2, -0.15) is 0 Å². The van der Waals surface area contributed by atoms with Crippen molar-refractivity contribution in [1.82, 2.24) is 15.0 Å². The average Bonchev–Trinajstić information content (AvgIpc) is 2.89. The van der Waals surface area contributed by atoms with Crippen molar-refractivity contribution >= 4 is 5.97 Å². The summed E-state index contributed by atoms with van der Waals surface area (Å²) in [6, 6.07) is 9.03. The normalized spacial score (nSPS) is 12.2. The minimum absolute atomic E-state index is 0.0461. The fourth-order valence-corrected chi connectivity index (χ4v) is 1.84. The van der Waals surface area contributed by atoms with Gasteiger partial charge in [0.2, 0.25) is 0 Å². The Hall–Kier alpha value is -2.25. The standard InChI is InChI=1S/C13H15N3O4/c1-20-13(19)12-10(8-17)16(15-14-12)7-11(18)9-5-3-2-4-6-9/h2-6,11,17-18H,7-8H2,1H3/t11-/m0/s1. The van der Waals surface area contributed by atoms with Crippen LogP contribution in [0.25, 0.3) is 0 Å². The molecule has 0 unspecified atom stereocenters. The third-order valence-corrected chi connectivity index (χ3v) is 2.90. The highest BCUT2D eigenvalue weighted by atomic mass is 16.5. The number of ether oxygens (including phenoxy) is 1. The molecule has 0 aliphatic carbocycles. The Bertz CT molecular complexity index is 583. The van der Waals surface area contributed by atoms with E-state index in [1.54, 1.807) is 12.1 Å². The molecule has 0 aliphatic heterocycles. The predicted octanol–water partition coefficient (Wildman–Crippen LogP) is 0.291. The molecule has 0 bridgehead atoms. The molecule has 7 nitrogen and oxygen atoms in total. The van der Waals surface area contributed by atoms with E-state index in [-0.39, 0.29) is 17.9 Å². The Labute approximate surface area is 115 Å². The summed E-state index contributed by atoms with van der Waals surface area (Å²) in [4.78, 5) is 11.5. The second-order valence-corrected chi connectivity index (χ2v) is 4.14. The van der Waals surface area contributed by atoms with Gasteiger partial charge in [0.05, 0.1) is 32.1 Å². The van der Waals surface area contributed by atoms with Gasteiger partial charge in [0.25, 0.3) is 0 Å². The van der Waals surface area contributed by atoms with Crippen LogP contribution in [0.1, 0.15) is 27.8 Å². The first-order valence-corrected chi connectivity index (χ1v) is 6.02. The fraction of sp³-hybridized carbons (Fsp3) is 0.308. The second kappa shape index (κ2) is 6.27. The molecular weight excluding hydrogens is 262 g/mol. The van der Waals surface area contributed by atoms with E-state index in [4.69, 9.17) is 0 Å². The number of methoxy groups -OCH3 is 1. The maximum atomic E-state index is 11.5. The van der Waals surface area contributed by atoms with Crippen molar-refractivity contribution in [3.63, 3.8) is 0 Å². The molecule has 0 spiro atoms. The molecule has 1 aromatic heterocycles. The second-order valence-electron chi connectivity index (χ2n) is 4.14. The summed E-state index contributed by atoms with van der Waals surface area (Å²) in [5, 5.41) is 26.9. The van der Waals surface area contributed by atoms with Crippen LogP contribution in [-0.2, 0) is 17.9 Å². The summed E-state index contributed by atoms with van der Waals surface area (Å²) < 4.78 is 5.85. The highest BCUT2D eigenvalue weighted by Gasteiger charge is 2.21. The molecule has 0 radical (unpaired) electrons.